The molecule has 0 saturated heterocycles. The van der Waals surface area contributed by atoms with Gasteiger partial charge in [-0.3, -0.25) is 0 Å². The van der Waals surface area contributed by atoms with Gasteiger partial charge in [-0.05, 0) is 32.9 Å². The molecule has 0 fully saturated rings. The van der Waals surface area contributed by atoms with Crippen molar-refractivity contribution in [1.29, 1.82) is 0 Å². The summed E-state index contributed by atoms with van der Waals surface area (Å²) < 4.78 is 24.4. The van der Waals surface area contributed by atoms with Crippen LogP contribution in [-0.4, -0.2) is 44.3 Å². The lowest BCUT2D eigenvalue weighted by molar-refractivity contribution is -0.539. The first kappa shape index (κ1) is 25.6. The predicted molar refractivity (Wildman–Crippen MR) is 145 cm³/mol. The van der Waals surface area contributed by atoms with E-state index in [1.165, 1.54) is 0 Å². The second kappa shape index (κ2) is 8.55. The number of nitrogens with zero attached hydrogens (tertiary/aromatic N) is 2. The summed E-state index contributed by atoms with van der Waals surface area (Å²) in [7, 11) is 6.25. The molecule has 4 rings (SSSR count). The standard InChI is InChI=1S/C28H34N2O6/c1-27(2,3)29(31)15-11-17-21-18(12-15)24(34-8)26(36-10)20-14-16(30(32)28(4,5)6)13-19(22(20)21)25(35-9)23(17)33-7/h11-14H,1-10H3. The van der Waals surface area contributed by atoms with Crippen molar-refractivity contribution in [2.24, 2.45) is 0 Å². The molecular formula is C28H34N2O6. The van der Waals surface area contributed by atoms with Crippen LogP contribution in [0.4, 0.5) is 11.4 Å². The van der Waals surface area contributed by atoms with Gasteiger partial charge in [0.25, 0.3) is 5.69 Å². The third-order valence-electron chi connectivity index (χ3n) is 6.39. The number of benzene rings is 4. The van der Waals surface area contributed by atoms with Crippen LogP contribution in [-0.2, 0) is 0 Å². The molecule has 8 heteroatoms. The van der Waals surface area contributed by atoms with Gasteiger partial charge >= 0.3 is 0 Å². The van der Waals surface area contributed by atoms with E-state index >= 15 is 0 Å². The van der Waals surface area contributed by atoms with Crippen molar-refractivity contribution in [2.75, 3.05) is 33.5 Å². The highest BCUT2D eigenvalue weighted by molar-refractivity contribution is 6.30. The van der Waals surface area contributed by atoms with Gasteiger partial charge < -0.3 is 29.2 Å². The fourth-order valence-corrected chi connectivity index (χ4v) is 4.82. The van der Waals surface area contributed by atoms with Gasteiger partial charge in [-0.15, -0.1) is 0 Å². The molecule has 0 aliphatic carbocycles. The van der Waals surface area contributed by atoms with Crippen molar-refractivity contribution in [2.45, 2.75) is 52.6 Å². The van der Waals surface area contributed by atoms with Crippen molar-refractivity contribution >= 4 is 43.7 Å². The Hall–Kier alpha value is -3.52. The van der Waals surface area contributed by atoms with Gasteiger partial charge in [0.05, 0.1) is 28.4 Å². The average molecular weight is 495 g/mol. The zero-order chi connectivity index (χ0) is 26.7. The molecule has 0 amide bonds. The smallest absolute Gasteiger partial charge is 0.258 e. The minimum absolute atomic E-state index is 0.452. The van der Waals surface area contributed by atoms with Gasteiger partial charge in [0.1, 0.15) is 0 Å². The van der Waals surface area contributed by atoms with Crippen molar-refractivity contribution in [1.82, 2.24) is 0 Å². The SMILES string of the molecule is COc1c(OC)c2cc([N+](=O)C(C)(C)C)cc3c(OC)c(OC)c4cc(N([O-])C(C)(C)C)cc1c4c23. The minimum atomic E-state index is -0.672. The molecule has 0 radical (unpaired) electrons. The number of hydrogen-bond acceptors (Lipinski definition) is 7. The Morgan fingerprint density at radius 3 is 1.28 bits per heavy atom. The van der Waals surface area contributed by atoms with Crippen LogP contribution in [0.15, 0.2) is 24.3 Å². The number of nitroso groups, excluding NO2 is 1. The van der Waals surface area contributed by atoms with Crippen LogP contribution in [0.25, 0.3) is 32.3 Å². The van der Waals surface area contributed by atoms with E-state index in [4.69, 9.17) is 18.9 Å². The molecule has 36 heavy (non-hydrogen) atoms. The molecule has 0 unspecified atom stereocenters. The quantitative estimate of drug-likeness (QED) is 0.163. The Labute approximate surface area is 211 Å². The van der Waals surface area contributed by atoms with Gasteiger partial charge in [-0.1, -0.05) is 0 Å². The van der Waals surface area contributed by atoms with Crippen LogP contribution < -0.4 is 24.0 Å². The minimum Gasteiger partial charge on any atom is -0.758 e. The van der Waals surface area contributed by atoms with Crippen LogP contribution in [0.3, 0.4) is 0 Å². The lowest BCUT2D eigenvalue weighted by atomic mass is 9.90. The Morgan fingerprint density at radius 2 is 1.00 bits per heavy atom. The molecule has 0 saturated carbocycles. The first-order valence-electron chi connectivity index (χ1n) is 11.8. The summed E-state index contributed by atoms with van der Waals surface area (Å²) in [5.74, 6) is 1.88. The Morgan fingerprint density at radius 1 is 0.667 bits per heavy atom. The molecule has 8 nitrogen and oxygen atoms in total. The van der Waals surface area contributed by atoms with Gasteiger partial charge in [0.2, 0.25) is 5.54 Å². The van der Waals surface area contributed by atoms with Crippen LogP contribution in [0.5, 0.6) is 23.0 Å². The maximum absolute atomic E-state index is 13.3. The molecule has 4 aromatic rings. The molecule has 0 aliphatic rings. The number of hydroxylamine groups is 1. The molecule has 0 bridgehead atoms. The number of methoxy groups -OCH3 is 4. The zero-order valence-corrected chi connectivity index (χ0v) is 22.7. The zero-order valence-electron chi connectivity index (χ0n) is 22.7. The van der Waals surface area contributed by atoms with E-state index in [-0.39, 0.29) is 0 Å². The number of anilines is 1. The average Bonchev–Trinajstić information content (AvgIpc) is 2.82. The van der Waals surface area contributed by atoms with Crippen molar-refractivity contribution in [3.63, 3.8) is 0 Å². The summed E-state index contributed by atoms with van der Waals surface area (Å²) in [4.78, 5) is 13.3. The van der Waals surface area contributed by atoms with E-state index in [0.717, 1.165) is 20.6 Å². The highest BCUT2D eigenvalue weighted by Crippen LogP contribution is 2.55. The van der Waals surface area contributed by atoms with E-state index in [1.807, 2.05) is 65.8 Å². The van der Waals surface area contributed by atoms with Crippen molar-refractivity contribution in [3.05, 3.63) is 34.4 Å². The van der Waals surface area contributed by atoms with E-state index < -0.39 is 11.1 Å². The number of ether oxygens (including phenoxy) is 4. The van der Waals surface area contributed by atoms with Crippen LogP contribution in [0.2, 0.25) is 0 Å². The Kier molecular flexibility index (Phi) is 6.07. The highest BCUT2D eigenvalue weighted by atomic mass is 16.5. The molecule has 0 atom stereocenters. The van der Waals surface area contributed by atoms with Crippen molar-refractivity contribution < 1.29 is 23.7 Å². The molecular weight excluding hydrogens is 460 g/mol. The summed E-state index contributed by atoms with van der Waals surface area (Å²) in [5.41, 5.74) is -0.439. The lowest BCUT2D eigenvalue weighted by Gasteiger charge is -2.44. The summed E-state index contributed by atoms with van der Waals surface area (Å²) in [6, 6.07) is 7.26. The van der Waals surface area contributed by atoms with E-state index in [0.29, 0.717) is 55.9 Å². The van der Waals surface area contributed by atoms with Gasteiger partial charge in [0, 0.05) is 86.1 Å². The third-order valence-corrected chi connectivity index (χ3v) is 6.39. The molecule has 0 aliphatic heterocycles. The predicted octanol–water partition coefficient (Wildman–Crippen LogP) is 6.93. The highest BCUT2D eigenvalue weighted by Gasteiger charge is 2.34. The second-order valence-electron chi connectivity index (χ2n) is 10.9. The Bertz CT molecular complexity index is 1400. The number of hydrogen-bond donors (Lipinski definition) is 0. The van der Waals surface area contributed by atoms with Gasteiger partial charge in [0.15, 0.2) is 23.0 Å². The molecule has 0 N–H and O–H groups in total. The summed E-state index contributed by atoms with van der Waals surface area (Å²) in [5, 5.41) is 18.7. The first-order valence-corrected chi connectivity index (χ1v) is 11.8. The molecule has 192 valence electrons. The summed E-state index contributed by atoms with van der Waals surface area (Å²) in [6.07, 6.45) is 0. The van der Waals surface area contributed by atoms with Crippen LogP contribution >= 0.6 is 0 Å². The molecule has 0 aromatic heterocycles. The maximum Gasteiger partial charge on any atom is 0.258 e. The van der Waals surface area contributed by atoms with Crippen LogP contribution in [0, 0.1) is 10.1 Å². The monoisotopic (exact) mass is 494 g/mol. The van der Waals surface area contributed by atoms with Gasteiger partial charge in [-0.25, -0.2) is 0 Å². The molecule has 4 aromatic carbocycles. The largest absolute Gasteiger partial charge is 0.758 e. The van der Waals surface area contributed by atoms with E-state index in [1.54, 1.807) is 28.4 Å². The first-order chi connectivity index (χ1) is 16.8. The molecule has 0 heterocycles. The fourth-order valence-electron chi connectivity index (χ4n) is 4.82. The van der Waals surface area contributed by atoms with Crippen LogP contribution in [0.1, 0.15) is 41.5 Å². The summed E-state index contributed by atoms with van der Waals surface area (Å²) in [6.45, 7) is 11.1. The van der Waals surface area contributed by atoms with Crippen molar-refractivity contribution in [3.8, 4) is 23.0 Å². The number of rotatable bonds is 6. The fraction of sp³-hybridized carbons (Fsp3) is 0.429. The topological polar surface area (TPSA) is 83.3 Å². The lowest BCUT2D eigenvalue weighted by Crippen LogP contribution is -2.36. The normalized spacial score (nSPS) is 12.4. The van der Waals surface area contributed by atoms with E-state index in [9.17, 15) is 10.1 Å². The second-order valence-corrected chi connectivity index (χ2v) is 10.9. The third kappa shape index (κ3) is 3.71. The van der Waals surface area contributed by atoms with E-state index in [2.05, 4.69) is 0 Å². The molecule has 0 spiro atoms. The maximum atomic E-state index is 13.3. The van der Waals surface area contributed by atoms with Gasteiger partial charge in [-0.2, -0.15) is 0 Å². The summed E-state index contributed by atoms with van der Waals surface area (Å²) >= 11 is 0. The Balaban J connectivity index is 2.32.